The Bertz CT molecular complexity index is 342. The van der Waals surface area contributed by atoms with Crippen molar-refractivity contribution in [1.29, 1.82) is 0 Å². The number of nitrogens with one attached hydrogen (secondary N) is 1. The van der Waals surface area contributed by atoms with Gasteiger partial charge in [-0.3, -0.25) is 4.68 Å². The van der Waals surface area contributed by atoms with Crippen LogP contribution in [0.5, 0.6) is 0 Å². The number of rotatable bonds is 5. The Morgan fingerprint density at radius 2 is 2.12 bits per heavy atom. The second-order valence-corrected chi connectivity index (χ2v) is 4.38. The van der Waals surface area contributed by atoms with Crippen molar-refractivity contribution in [3.8, 4) is 0 Å². The second-order valence-electron chi connectivity index (χ2n) is 4.38. The van der Waals surface area contributed by atoms with Gasteiger partial charge in [-0.1, -0.05) is 6.92 Å². The lowest BCUT2D eigenvalue weighted by Crippen LogP contribution is -2.32. The maximum atomic E-state index is 6.02. The van der Waals surface area contributed by atoms with Crippen LogP contribution in [0.1, 0.15) is 19.5 Å². The highest BCUT2D eigenvalue weighted by atomic mass is 15.3. The summed E-state index contributed by atoms with van der Waals surface area (Å²) in [7, 11) is 6.05. The molecule has 1 rings (SSSR count). The van der Waals surface area contributed by atoms with Crippen LogP contribution in [0.25, 0.3) is 0 Å². The number of likely N-dealkylation sites (N-methyl/N-ethyl adjacent to an activating group) is 1. The van der Waals surface area contributed by atoms with E-state index in [9.17, 15) is 0 Å². The first-order chi connectivity index (χ1) is 7.47. The first-order valence-electron chi connectivity index (χ1n) is 5.69. The Balaban J connectivity index is 2.70. The molecule has 0 spiro atoms. The quantitative estimate of drug-likeness (QED) is 0.782. The lowest BCUT2D eigenvalue weighted by atomic mass is 10.3. The van der Waals surface area contributed by atoms with Crippen molar-refractivity contribution in [1.82, 2.24) is 14.7 Å². The average Bonchev–Trinajstić information content (AvgIpc) is 2.51. The van der Waals surface area contributed by atoms with Gasteiger partial charge in [0, 0.05) is 19.6 Å². The lowest BCUT2D eigenvalue weighted by molar-refractivity contribution is 0.325. The van der Waals surface area contributed by atoms with Crippen LogP contribution in [0.3, 0.4) is 0 Å². The third-order valence-electron chi connectivity index (χ3n) is 2.94. The monoisotopic (exact) mass is 225 g/mol. The SMILES string of the molecule is CCc1nn(C)c(NCC(C)N(C)C)c1N. The van der Waals surface area contributed by atoms with Crippen LogP contribution in [0, 0.1) is 0 Å². The van der Waals surface area contributed by atoms with E-state index in [0.29, 0.717) is 6.04 Å². The van der Waals surface area contributed by atoms with Crippen LogP contribution in [0.2, 0.25) is 0 Å². The van der Waals surface area contributed by atoms with E-state index in [2.05, 4.69) is 43.3 Å². The maximum Gasteiger partial charge on any atom is 0.147 e. The molecule has 1 unspecified atom stereocenters. The van der Waals surface area contributed by atoms with E-state index in [4.69, 9.17) is 5.73 Å². The number of aromatic nitrogens is 2. The van der Waals surface area contributed by atoms with E-state index in [-0.39, 0.29) is 0 Å². The molecule has 0 radical (unpaired) electrons. The summed E-state index contributed by atoms with van der Waals surface area (Å²) in [4.78, 5) is 2.17. The van der Waals surface area contributed by atoms with E-state index in [1.54, 1.807) is 0 Å². The van der Waals surface area contributed by atoms with Gasteiger partial charge in [0.15, 0.2) is 0 Å². The van der Waals surface area contributed by atoms with E-state index >= 15 is 0 Å². The number of aryl methyl sites for hydroxylation is 2. The molecular weight excluding hydrogens is 202 g/mol. The van der Waals surface area contributed by atoms with Crippen molar-refractivity contribution in [2.45, 2.75) is 26.3 Å². The summed E-state index contributed by atoms with van der Waals surface area (Å²) in [6.45, 7) is 5.09. The number of anilines is 2. The second kappa shape index (κ2) is 5.21. The van der Waals surface area contributed by atoms with Gasteiger partial charge in [-0.25, -0.2) is 0 Å². The van der Waals surface area contributed by atoms with Gasteiger partial charge < -0.3 is 16.0 Å². The van der Waals surface area contributed by atoms with Gasteiger partial charge in [-0.05, 0) is 27.4 Å². The number of nitrogen functional groups attached to an aromatic ring is 1. The van der Waals surface area contributed by atoms with Gasteiger partial charge in [0.05, 0.1) is 11.4 Å². The number of hydrogen-bond donors (Lipinski definition) is 2. The maximum absolute atomic E-state index is 6.02. The minimum Gasteiger partial charge on any atom is -0.394 e. The molecule has 92 valence electrons. The molecule has 0 aliphatic rings. The molecule has 5 heteroatoms. The molecule has 0 saturated carbocycles. The normalized spacial score (nSPS) is 13.1. The van der Waals surface area contributed by atoms with Crippen molar-refractivity contribution in [2.24, 2.45) is 7.05 Å². The first kappa shape index (κ1) is 12.8. The molecule has 3 N–H and O–H groups in total. The Hall–Kier alpha value is -1.23. The molecule has 1 aromatic heterocycles. The third kappa shape index (κ3) is 2.66. The Kier molecular flexibility index (Phi) is 4.18. The van der Waals surface area contributed by atoms with Gasteiger partial charge in [-0.2, -0.15) is 5.10 Å². The van der Waals surface area contributed by atoms with E-state index < -0.39 is 0 Å². The molecule has 1 atom stereocenters. The van der Waals surface area contributed by atoms with E-state index in [1.165, 1.54) is 0 Å². The van der Waals surface area contributed by atoms with Crippen molar-refractivity contribution in [3.05, 3.63) is 5.69 Å². The Morgan fingerprint density at radius 1 is 1.50 bits per heavy atom. The summed E-state index contributed by atoms with van der Waals surface area (Å²) in [6, 6.07) is 0.458. The Morgan fingerprint density at radius 3 is 2.56 bits per heavy atom. The van der Waals surface area contributed by atoms with Gasteiger partial charge in [-0.15, -0.1) is 0 Å². The van der Waals surface area contributed by atoms with Crippen molar-refractivity contribution >= 4 is 11.5 Å². The zero-order valence-electron chi connectivity index (χ0n) is 10.9. The van der Waals surface area contributed by atoms with Crippen molar-refractivity contribution < 1.29 is 0 Å². The fourth-order valence-electron chi connectivity index (χ4n) is 1.49. The zero-order valence-corrected chi connectivity index (χ0v) is 10.9. The highest BCUT2D eigenvalue weighted by Gasteiger charge is 2.12. The molecule has 0 amide bonds. The van der Waals surface area contributed by atoms with Gasteiger partial charge >= 0.3 is 0 Å². The predicted molar refractivity (Wildman–Crippen MR) is 68.6 cm³/mol. The predicted octanol–water partition coefficient (Wildman–Crippen LogP) is 0.927. The van der Waals surface area contributed by atoms with Crippen LogP contribution in [-0.4, -0.2) is 41.4 Å². The molecule has 16 heavy (non-hydrogen) atoms. The molecule has 0 aliphatic carbocycles. The largest absolute Gasteiger partial charge is 0.394 e. The van der Waals surface area contributed by atoms with Crippen LogP contribution in [0.15, 0.2) is 0 Å². The molecule has 5 nitrogen and oxygen atoms in total. The van der Waals surface area contributed by atoms with Crippen LogP contribution in [0.4, 0.5) is 11.5 Å². The number of nitrogens with zero attached hydrogens (tertiary/aromatic N) is 3. The topological polar surface area (TPSA) is 59.1 Å². The van der Waals surface area contributed by atoms with Crippen LogP contribution >= 0.6 is 0 Å². The lowest BCUT2D eigenvalue weighted by Gasteiger charge is -2.20. The highest BCUT2D eigenvalue weighted by Crippen LogP contribution is 2.22. The van der Waals surface area contributed by atoms with Crippen molar-refractivity contribution in [2.75, 3.05) is 31.7 Å². The summed E-state index contributed by atoms with van der Waals surface area (Å²) in [5.74, 6) is 0.922. The van der Waals surface area contributed by atoms with E-state index in [1.807, 2.05) is 11.7 Å². The number of hydrogen-bond acceptors (Lipinski definition) is 4. The summed E-state index contributed by atoms with van der Waals surface area (Å²) < 4.78 is 1.82. The molecular formula is C11H23N5. The number of nitrogens with two attached hydrogens (primary N) is 1. The fraction of sp³-hybridized carbons (Fsp3) is 0.727. The van der Waals surface area contributed by atoms with Crippen LogP contribution in [-0.2, 0) is 13.5 Å². The standard InChI is InChI=1S/C11H23N5/c1-6-9-10(12)11(16(5)14-9)13-7-8(2)15(3)4/h8,13H,6-7,12H2,1-5H3. The molecule has 1 heterocycles. The van der Waals surface area contributed by atoms with Gasteiger partial charge in [0.1, 0.15) is 5.82 Å². The summed E-state index contributed by atoms with van der Waals surface area (Å²) in [6.07, 6.45) is 0.866. The van der Waals surface area contributed by atoms with Crippen molar-refractivity contribution in [3.63, 3.8) is 0 Å². The Labute approximate surface area is 97.6 Å². The summed E-state index contributed by atoms with van der Waals surface area (Å²) in [5.41, 5.74) is 7.75. The molecule has 0 bridgehead atoms. The fourth-order valence-corrected chi connectivity index (χ4v) is 1.49. The zero-order chi connectivity index (χ0) is 12.3. The minimum absolute atomic E-state index is 0.458. The van der Waals surface area contributed by atoms with Crippen LogP contribution < -0.4 is 11.1 Å². The molecule has 0 aliphatic heterocycles. The molecule has 0 fully saturated rings. The van der Waals surface area contributed by atoms with E-state index in [0.717, 1.165) is 30.2 Å². The average molecular weight is 225 g/mol. The highest BCUT2D eigenvalue weighted by molar-refractivity contribution is 5.65. The smallest absolute Gasteiger partial charge is 0.147 e. The van der Waals surface area contributed by atoms with Gasteiger partial charge in [0.25, 0.3) is 0 Å². The summed E-state index contributed by atoms with van der Waals surface area (Å²) in [5, 5.41) is 7.72. The molecule has 1 aromatic rings. The molecule has 0 saturated heterocycles. The van der Waals surface area contributed by atoms with Gasteiger partial charge in [0.2, 0.25) is 0 Å². The first-order valence-corrected chi connectivity index (χ1v) is 5.69. The minimum atomic E-state index is 0.458. The molecule has 0 aromatic carbocycles. The third-order valence-corrected chi connectivity index (χ3v) is 2.94. The summed E-state index contributed by atoms with van der Waals surface area (Å²) >= 11 is 0.